The molecule has 322 valence electrons. The van der Waals surface area contributed by atoms with E-state index in [0.29, 0.717) is 25.3 Å². The summed E-state index contributed by atoms with van der Waals surface area (Å²) in [4.78, 5) is 0. The molecule has 0 N–H and O–H groups in total. The summed E-state index contributed by atoms with van der Waals surface area (Å²) in [7, 11) is 0. The first-order valence-corrected chi connectivity index (χ1v) is 18.6. The van der Waals surface area contributed by atoms with Crippen LogP contribution in [0, 0.1) is 0 Å². The Morgan fingerprint density at radius 2 is 0.379 bits per heavy atom. The summed E-state index contributed by atoms with van der Waals surface area (Å²) < 4.78 is 65.1. The monoisotopic (exact) mass is 906 g/mol. The second-order valence-electron chi connectivity index (χ2n) is 12.0. The number of rotatable bonds is 12. The quantitative estimate of drug-likeness (QED) is 0.234. The predicted octanol–water partition coefficient (Wildman–Crippen LogP) is 5.01. The van der Waals surface area contributed by atoms with Crippen LogP contribution in [0.5, 0.6) is 0 Å². The molecule has 24 nitrogen and oxygen atoms in total. The van der Waals surface area contributed by atoms with Gasteiger partial charge in [0.25, 0.3) is 0 Å². The Hall–Kier alpha value is -5.09. The van der Waals surface area contributed by atoms with Gasteiger partial charge in [0.05, 0.1) is 74.6 Å². The number of hydrogen-bond donors (Lipinski definition) is 0. The van der Waals surface area contributed by atoms with Gasteiger partial charge in [0, 0.05) is 0 Å². The van der Waals surface area contributed by atoms with E-state index in [4.69, 9.17) is 57.1 Å². The molecule has 58 heavy (non-hydrogen) atoms. The zero-order chi connectivity index (χ0) is 39.9. The van der Waals surface area contributed by atoms with Crippen LogP contribution in [-0.2, 0) is 90.6 Å². The average molecular weight is 906 g/mol. The van der Waals surface area contributed by atoms with Gasteiger partial charge in [-0.15, -0.1) is 61.9 Å². The van der Waals surface area contributed by atoms with Crippen molar-refractivity contribution in [2.75, 3.05) is 0 Å². The molecular weight excluding hydrogens is 857 g/mol. The largest absolute Gasteiger partial charge is 2.00 e. The maximum absolute atomic E-state index is 5.42. The third kappa shape index (κ3) is 19.4. The molecular formula is C28H48B4Co2N12O12. The molecule has 0 amide bonds. The smallest absolute Gasteiger partial charge is 0.540 e. The van der Waals surface area contributed by atoms with Crippen molar-refractivity contribution < 1.29 is 90.6 Å². The topological polar surface area (TPSA) is 259 Å². The Balaban J connectivity index is 0.000000561. The maximum atomic E-state index is 5.42. The van der Waals surface area contributed by atoms with Gasteiger partial charge in [-0.2, -0.15) is 0 Å². The van der Waals surface area contributed by atoms with E-state index in [1.54, 1.807) is 0 Å². The van der Waals surface area contributed by atoms with Gasteiger partial charge < -0.3 is 57.1 Å². The van der Waals surface area contributed by atoms with Crippen molar-refractivity contribution >= 4 is 102 Å². The minimum Gasteiger partial charge on any atom is -0.540 e. The molecule has 0 saturated carbocycles. The van der Waals surface area contributed by atoms with Gasteiger partial charge in [0.1, 0.15) is 0 Å². The summed E-state index contributed by atoms with van der Waals surface area (Å²) in [5, 5.41) is 45.7. The van der Waals surface area contributed by atoms with Crippen LogP contribution in [0.2, 0.25) is 25.3 Å². The molecule has 0 aliphatic carbocycles. The minimum absolute atomic E-state index is 0. The van der Waals surface area contributed by atoms with E-state index >= 15 is 0 Å². The van der Waals surface area contributed by atoms with Crippen LogP contribution in [0.15, 0.2) is 61.9 Å². The Morgan fingerprint density at radius 3 is 0.483 bits per heavy atom. The van der Waals surface area contributed by atoms with Crippen molar-refractivity contribution in [1.82, 2.24) is 0 Å². The number of fused-ring (bicyclic) bond motifs is 18. The molecule has 30 heteroatoms. The van der Waals surface area contributed by atoms with Crippen molar-refractivity contribution in [3.63, 3.8) is 0 Å². The van der Waals surface area contributed by atoms with Crippen LogP contribution in [0.4, 0.5) is 0 Å². The number of oxime groups is 12. The molecule has 6 aliphatic rings. The zero-order valence-electron chi connectivity index (χ0n) is 32.7. The van der Waals surface area contributed by atoms with Gasteiger partial charge in [-0.05, 0) is 0 Å². The Bertz CT molecular complexity index is 1150. The molecule has 0 aromatic heterocycles. The molecule has 0 saturated heterocycles. The van der Waals surface area contributed by atoms with Crippen LogP contribution in [-0.4, -0.2) is 102 Å². The maximum Gasteiger partial charge on any atom is 2.00 e. The van der Waals surface area contributed by atoms with Gasteiger partial charge in [0.15, 0.2) is 0 Å². The zero-order valence-corrected chi connectivity index (χ0v) is 34.7. The third-order valence-electron chi connectivity index (χ3n) is 7.43. The second-order valence-corrected chi connectivity index (χ2v) is 12.0. The van der Waals surface area contributed by atoms with Gasteiger partial charge in [-0.1, -0.05) is 104 Å². The van der Waals surface area contributed by atoms with Crippen LogP contribution < -0.4 is 0 Å². The molecule has 0 fully saturated rings. The molecule has 4 bridgehead atoms. The van der Waals surface area contributed by atoms with Gasteiger partial charge in [-0.3, -0.25) is 0 Å². The summed E-state index contributed by atoms with van der Waals surface area (Å²) in [6, 6.07) is 0. The molecule has 2 radical (unpaired) electrons. The fourth-order valence-electron chi connectivity index (χ4n) is 4.54. The van der Waals surface area contributed by atoms with E-state index in [9.17, 15) is 0 Å². The van der Waals surface area contributed by atoms with Gasteiger partial charge >= 0.3 is 60.6 Å². The SMILES string of the molecule is CCCC[B-]12O/N=C/C=N/O[B-](CCCC)(O/N=C/C=N/O1)O/N=C/C=N/O2.CCCC[B-]12O/N=C/C=N/O[B-](CCCC)(O/N=C/C=N/O1)O/N=C/C=N/O2.[Co+2].[Co+2]. The van der Waals surface area contributed by atoms with E-state index < -0.39 is 27.0 Å². The molecule has 0 atom stereocenters. The van der Waals surface area contributed by atoms with Crippen LogP contribution in [0.1, 0.15) is 79.1 Å². The van der Waals surface area contributed by atoms with Crippen LogP contribution >= 0.6 is 0 Å². The Kier molecular flexibility index (Phi) is 26.4. The molecule has 0 aromatic rings. The van der Waals surface area contributed by atoms with Crippen LogP contribution in [0.25, 0.3) is 0 Å². The normalized spacial score (nSPS) is 32.5. The first kappa shape index (κ1) is 50.9. The minimum atomic E-state index is -2.44. The van der Waals surface area contributed by atoms with Crippen molar-refractivity contribution in [3.8, 4) is 0 Å². The summed E-state index contributed by atoms with van der Waals surface area (Å²) in [5.74, 6) is 0. The average Bonchev–Trinajstić information content (AvgIpc) is 3.21. The number of unbranched alkanes of at least 4 members (excludes halogenated alkanes) is 4. The Labute approximate surface area is 357 Å². The van der Waals surface area contributed by atoms with E-state index in [-0.39, 0.29) is 33.6 Å². The molecule has 0 aromatic carbocycles. The fraction of sp³-hybridized carbons (Fsp3) is 0.571. The molecule has 0 unspecified atom stereocenters. The van der Waals surface area contributed by atoms with E-state index in [2.05, 4.69) is 61.9 Å². The summed E-state index contributed by atoms with van der Waals surface area (Å²) >= 11 is 0. The summed E-state index contributed by atoms with van der Waals surface area (Å²) in [6.07, 6.45) is 23.0. The molecule has 6 aliphatic heterocycles. The predicted molar refractivity (Wildman–Crippen MR) is 217 cm³/mol. The first-order valence-electron chi connectivity index (χ1n) is 18.6. The molecule has 6 rings (SSSR count). The van der Waals surface area contributed by atoms with Gasteiger partial charge in [0.2, 0.25) is 0 Å². The Morgan fingerprint density at radius 1 is 0.259 bits per heavy atom. The van der Waals surface area contributed by atoms with Crippen molar-refractivity contribution in [2.45, 2.75) is 104 Å². The van der Waals surface area contributed by atoms with Crippen molar-refractivity contribution in [3.05, 3.63) is 0 Å². The second kappa shape index (κ2) is 30.1. The molecule has 0 spiro atoms. The van der Waals surface area contributed by atoms with E-state index in [0.717, 1.165) is 51.4 Å². The number of hydrogen-bond acceptors (Lipinski definition) is 24. The summed E-state index contributed by atoms with van der Waals surface area (Å²) in [5.41, 5.74) is 0. The fourth-order valence-corrected chi connectivity index (χ4v) is 4.54. The van der Waals surface area contributed by atoms with E-state index in [1.807, 2.05) is 27.7 Å². The van der Waals surface area contributed by atoms with Crippen molar-refractivity contribution in [1.29, 1.82) is 0 Å². The van der Waals surface area contributed by atoms with Crippen molar-refractivity contribution in [2.24, 2.45) is 61.9 Å². The third-order valence-corrected chi connectivity index (χ3v) is 7.43. The molecule has 6 heterocycles. The van der Waals surface area contributed by atoms with Crippen LogP contribution in [0.3, 0.4) is 0 Å². The summed E-state index contributed by atoms with van der Waals surface area (Å²) in [6.45, 7) is -1.72. The standard InChI is InChI=1S/2C14H24B2N6O6.2Co/c2*1-3-5-7-15-23-17-9-12-20-26-16(8-6-4-2,27-21-13-10-18-24-15)28-22-14-11-19-25-15;;/h2*9-14H,3-8H2,1-2H3;;/q2*-2;2*+2/b2*17-9+,18-10+,19-11+,20-12+,21-13+,22-14+;;. The van der Waals surface area contributed by atoms with Gasteiger partial charge in [-0.25, -0.2) is 0 Å². The first-order chi connectivity index (χ1) is 27.5. The number of nitrogens with zero attached hydrogens (tertiary/aromatic N) is 12. The van der Waals surface area contributed by atoms with E-state index in [1.165, 1.54) is 74.6 Å².